The smallest absolute Gasteiger partial charge is 0.298 e. The van der Waals surface area contributed by atoms with E-state index in [-0.39, 0.29) is 16.4 Å². The van der Waals surface area contributed by atoms with Crippen molar-refractivity contribution >= 4 is 10.1 Å². The molecule has 0 aromatic heterocycles. The lowest BCUT2D eigenvalue weighted by molar-refractivity contribution is 0.425. The summed E-state index contributed by atoms with van der Waals surface area (Å²) in [6.07, 6.45) is 10.9. The Balaban J connectivity index is 2.04. The van der Waals surface area contributed by atoms with Gasteiger partial charge in [0.15, 0.2) is 5.75 Å². The Kier molecular flexibility index (Phi) is 9.48. The SMILES string of the molecule is CCCCCCCCCCCc1c(O)ccc(S(=O)(=O)O)c1Oc1ccccc1. The van der Waals surface area contributed by atoms with Gasteiger partial charge in [-0.15, -0.1) is 0 Å². The number of phenols is 1. The lowest BCUT2D eigenvalue weighted by atomic mass is 10.0. The fraction of sp³-hybridized carbons (Fsp3) is 0.478. The molecule has 2 aromatic carbocycles. The first kappa shape index (κ1) is 23.2. The van der Waals surface area contributed by atoms with E-state index < -0.39 is 10.1 Å². The topological polar surface area (TPSA) is 83.8 Å². The van der Waals surface area contributed by atoms with Crippen molar-refractivity contribution in [3.63, 3.8) is 0 Å². The van der Waals surface area contributed by atoms with Crippen LogP contribution in [0.5, 0.6) is 17.2 Å². The minimum absolute atomic E-state index is 0.00161. The van der Waals surface area contributed by atoms with Gasteiger partial charge in [0.05, 0.1) is 0 Å². The zero-order chi connectivity index (χ0) is 21.1. The van der Waals surface area contributed by atoms with Crippen LogP contribution in [0.4, 0.5) is 0 Å². The van der Waals surface area contributed by atoms with Gasteiger partial charge < -0.3 is 9.84 Å². The largest absolute Gasteiger partial charge is 0.508 e. The molecule has 0 radical (unpaired) electrons. The van der Waals surface area contributed by atoms with Crippen molar-refractivity contribution in [2.75, 3.05) is 0 Å². The molecule has 6 heteroatoms. The fourth-order valence-corrected chi connectivity index (χ4v) is 4.01. The third kappa shape index (κ3) is 7.71. The first-order chi connectivity index (χ1) is 13.9. The fourth-order valence-electron chi connectivity index (χ4n) is 3.37. The summed E-state index contributed by atoms with van der Waals surface area (Å²) in [6, 6.07) is 11.2. The van der Waals surface area contributed by atoms with Crippen LogP contribution in [0, 0.1) is 0 Å². The Morgan fingerprint density at radius 3 is 2.00 bits per heavy atom. The van der Waals surface area contributed by atoms with E-state index in [0.29, 0.717) is 17.7 Å². The van der Waals surface area contributed by atoms with E-state index in [1.54, 1.807) is 24.3 Å². The van der Waals surface area contributed by atoms with Crippen LogP contribution in [0.25, 0.3) is 0 Å². The molecule has 0 fully saturated rings. The third-order valence-electron chi connectivity index (χ3n) is 4.97. The highest BCUT2D eigenvalue weighted by molar-refractivity contribution is 7.86. The number of hydrogen-bond donors (Lipinski definition) is 2. The molecule has 0 atom stereocenters. The summed E-state index contributed by atoms with van der Waals surface area (Å²) < 4.78 is 39.0. The molecule has 0 saturated heterocycles. The zero-order valence-electron chi connectivity index (χ0n) is 17.1. The summed E-state index contributed by atoms with van der Waals surface area (Å²) >= 11 is 0. The molecule has 0 spiro atoms. The maximum Gasteiger partial charge on any atom is 0.298 e. The number of benzene rings is 2. The van der Waals surface area contributed by atoms with Gasteiger partial charge in [-0.25, -0.2) is 0 Å². The van der Waals surface area contributed by atoms with Crippen LogP contribution in [0.2, 0.25) is 0 Å². The zero-order valence-corrected chi connectivity index (χ0v) is 18.0. The molecule has 0 unspecified atom stereocenters. The van der Waals surface area contributed by atoms with Crippen LogP contribution in [0.3, 0.4) is 0 Å². The molecule has 2 aromatic rings. The van der Waals surface area contributed by atoms with E-state index >= 15 is 0 Å². The van der Waals surface area contributed by atoms with E-state index in [1.807, 2.05) is 6.07 Å². The van der Waals surface area contributed by atoms with Crippen LogP contribution in [-0.2, 0) is 16.5 Å². The van der Waals surface area contributed by atoms with Crippen molar-refractivity contribution in [2.45, 2.75) is 76.0 Å². The predicted octanol–water partition coefficient (Wildman–Crippen LogP) is 6.50. The standard InChI is InChI=1S/C23H32O5S/c1-2-3-4-5-6-7-8-9-13-16-20-21(24)17-18-22(29(25,26)27)23(20)28-19-14-11-10-12-15-19/h10-12,14-15,17-18,24H,2-9,13,16H2,1H3,(H,25,26,27). The monoisotopic (exact) mass is 420 g/mol. The van der Waals surface area contributed by atoms with Crippen molar-refractivity contribution in [2.24, 2.45) is 0 Å². The molecular weight excluding hydrogens is 388 g/mol. The van der Waals surface area contributed by atoms with Gasteiger partial charge in [0, 0.05) is 5.56 Å². The average Bonchev–Trinajstić information content (AvgIpc) is 2.68. The minimum Gasteiger partial charge on any atom is -0.508 e. The van der Waals surface area contributed by atoms with Crippen molar-refractivity contribution < 1.29 is 22.8 Å². The van der Waals surface area contributed by atoms with Gasteiger partial charge in [0.1, 0.15) is 16.4 Å². The van der Waals surface area contributed by atoms with Gasteiger partial charge in [0.25, 0.3) is 10.1 Å². The molecule has 29 heavy (non-hydrogen) atoms. The Hall–Kier alpha value is -2.05. The Morgan fingerprint density at radius 2 is 1.41 bits per heavy atom. The predicted molar refractivity (Wildman–Crippen MR) is 115 cm³/mol. The van der Waals surface area contributed by atoms with E-state index in [4.69, 9.17) is 4.74 Å². The lowest BCUT2D eigenvalue weighted by Gasteiger charge is -2.16. The van der Waals surface area contributed by atoms with Gasteiger partial charge in [0.2, 0.25) is 0 Å². The van der Waals surface area contributed by atoms with Crippen LogP contribution >= 0.6 is 0 Å². The number of hydrogen-bond acceptors (Lipinski definition) is 4. The first-order valence-electron chi connectivity index (χ1n) is 10.5. The quantitative estimate of drug-likeness (QED) is 0.285. The molecule has 160 valence electrons. The maximum atomic E-state index is 11.8. The third-order valence-corrected chi connectivity index (χ3v) is 5.85. The second kappa shape index (κ2) is 11.8. The molecule has 5 nitrogen and oxygen atoms in total. The molecule has 0 heterocycles. The molecule has 0 aliphatic heterocycles. The number of aromatic hydroxyl groups is 1. The second-order valence-corrected chi connectivity index (χ2v) is 8.75. The number of ether oxygens (including phenoxy) is 1. The molecule has 2 N–H and O–H groups in total. The van der Waals surface area contributed by atoms with Crippen molar-refractivity contribution in [1.29, 1.82) is 0 Å². The highest BCUT2D eigenvalue weighted by Crippen LogP contribution is 2.38. The van der Waals surface area contributed by atoms with Crippen molar-refractivity contribution in [3.05, 3.63) is 48.0 Å². The summed E-state index contributed by atoms with van der Waals surface area (Å²) in [5.41, 5.74) is 0.409. The molecule has 0 bridgehead atoms. The molecule has 0 aliphatic carbocycles. The highest BCUT2D eigenvalue weighted by atomic mass is 32.2. The molecular formula is C23H32O5S. The molecule has 2 rings (SSSR count). The summed E-state index contributed by atoms with van der Waals surface area (Å²) in [7, 11) is -4.48. The average molecular weight is 421 g/mol. The lowest BCUT2D eigenvalue weighted by Crippen LogP contribution is -2.04. The van der Waals surface area contributed by atoms with Gasteiger partial charge in [-0.2, -0.15) is 8.42 Å². The van der Waals surface area contributed by atoms with Crippen LogP contribution in [0.15, 0.2) is 47.4 Å². The van der Waals surface area contributed by atoms with E-state index in [1.165, 1.54) is 50.7 Å². The van der Waals surface area contributed by atoms with Gasteiger partial charge in [-0.1, -0.05) is 76.5 Å². The molecule has 0 saturated carbocycles. The second-order valence-electron chi connectivity index (χ2n) is 7.36. The van der Waals surface area contributed by atoms with Gasteiger partial charge in [-0.3, -0.25) is 4.55 Å². The highest BCUT2D eigenvalue weighted by Gasteiger charge is 2.23. The summed E-state index contributed by atoms with van der Waals surface area (Å²) in [6.45, 7) is 2.21. The normalized spacial score (nSPS) is 11.5. The van der Waals surface area contributed by atoms with Crippen LogP contribution < -0.4 is 4.74 Å². The summed E-state index contributed by atoms with van der Waals surface area (Å²) in [5.74, 6) is 0.414. The van der Waals surface area contributed by atoms with E-state index in [0.717, 1.165) is 19.3 Å². The summed E-state index contributed by atoms with van der Waals surface area (Å²) in [5, 5.41) is 10.3. The number of rotatable bonds is 13. The maximum absolute atomic E-state index is 11.8. The summed E-state index contributed by atoms with van der Waals surface area (Å²) in [4.78, 5) is -0.329. The van der Waals surface area contributed by atoms with Gasteiger partial charge >= 0.3 is 0 Å². The minimum atomic E-state index is -4.48. The number of para-hydroxylation sites is 1. The Labute approximate surface area is 174 Å². The van der Waals surface area contributed by atoms with Crippen molar-refractivity contribution in [3.8, 4) is 17.2 Å². The van der Waals surface area contributed by atoms with E-state index in [9.17, 15) is 18.1 Å². The van der Waals surface area contributed by atoms with E-state index in [2.05, 4.69) is 6.92 Å². The number of unbranched alkanes of at least 4 members (excludes halogenated alkanes) is 8. The van der Waals surface area contributed by atoms with Crippen molar-refractivity contribution in [1.82, 2.24) is 0 Å². The molecule has 0 aliphatic rings. The first-order valence-corrected chi connectivity index (χ1v) is 11.9. The molecule has 0 amide bonds. The van der Waals surface area contributed by atoms with Crippen LogP contribution in [-0.4, -0.2) is 18.1 Å². The van der Waals surface area contributed by atoms with Crippen LogP contribution in [0.1, 0.15) is 70.3 Å². The van der Waals surface area contributed by atoms with Gasteiger partial charge in [-0.05, 0) is 37.1 Å². The Bertz CT molecular complexity index is 847. The number of phenolic OH excluding ortho intramolecular Hbond substituents is 1. The Morgan fingerprint density at radius 1 is 0.828 bits per heavy atom.